The molecular weight excluding hydrogens is 365 g/mol. The maximum atomic E-state index is 12.8. The summed E-state index contributed by atoms with van der Waals surface area (Å²) in [5.41, 5.74) is -1.46. The number of aromatic nitrogens is 3. The second kappa shape index (κ2) is 5.81. The molecule has 0 bridgehead atoms. The van der Waals surface area contributed by atoms with Crippen molar-refractivity contribution < 1.29 is 27.8 Å². The van der Waals surface area contributed by atoms with Crippen LogP contribution in [0.25, 0.3) is 22.4 Å². The first-order valence-electron chi connectivity index (χ1n) is 8.13. The molecule has 27 heavy (non-hydrogen) atoms. The van der Waals surface area contributed by atoms with E-state index in [-0.39, 0.29) is 17.4 Å². The number of hydrogen-bond acceptors (Lipinski definition) is 7. The van der Waals surface area contributed by atoms with Crippen LogP contribution in [0.5, 0.6) is 5.75 Å². The molecule has 4 rings (SSSR count). The standard InChI is InChI=1S/C17H15F3N4O3/c1-16(26)5-9(6-16)22-15-14-10(2-3-27-14)12(23-24-15)13-11(25)4-8(7-21-13)17(18,19)20/h2-4,7,9,25-26H,5-6H2,1H3,(H,22,24)/t9-,16+. The number of pyridine rings is 1. The molecule has 1 fully saturated rings. The largest absolute Gasteiger partial charge is 0.506 e. The van der Waals surface area contributed by atoms with Gasteiger partial charge < -0.3 is 19.9 Å². The third-order valence-corrected chi connectivity index (χ3v) is 4.52. The lowest BCUT2D eigenvalue weighted by Crippen LogP contribution is -2.48. The van der Waals surface area contributed by atoms with Crippen LogP contribution in [0.3, 0.4) is 0 Å². The van der Waals surface area contributed by atoms with Gasteiger partial charge in [0.1, 0.15) is 17.1 Å². The van der Waals surface area contributed by atoms with E-state index < -0.39 is 23.1 Å². The van der Waals surface area contributed by atoms with Gasteiger partial charge in [0.25, 0.3) is 0 Å². The minimum atomic E-state index is -4.61. The maximum absolute atomic E-state index is 12.8. The number of alkyl halides is 3. The molecule has 1 aliphatic rings. The molecule has 142 valence electrons. The Kier molecular flexibility index (Phi) is 3.77. The molecule has 0 aromatic carbocycles. The molecule has 0 atom stereocenters. The number of anilines is 1. The van der Waals surface area contributed by atoms with E-state index in [2.05, 4.69) is 20.5 Å². The summed E-state index contributed by atoms with van der Waals surface area (Å²) in [5, 5.41) is 31.5. The van der Waals surface area contributed by atoms with Gasteiger partial charge in [-0.05, 0) is 31.9 Å². The van der Waals surface area contributed by atoms with Gasteiger partial charge in [0.15, 0.2) is 11.4 Å². The van der Waals surface area contributed by atoms with Crippen LogP contribution in [-0.4, -0.2) is 37.0 Å². The van der Waals surface area contributed by atoms with Gasteiger partial charge in [-0.2, -0.15) is 13.2 Å². The first kappa shape index (κ1) is 17.5. The molecule has 0 saturated heterocycles. The molecular formula is C17H15F3N4O3. The number of rotatable bonds is 3. The normalized spacial score (nSPS) is 22.6. The predicted molar refractivity (Wildman–Crippen MR) is 89.0 cm³/mol. The third-order valence-electron chi connectivity index (χ3n) is 4.52. The summed E-state index contributed by atoms with van der Waals surface area (Å²) in [7, 11) is 0. The fraction of sp³-hybridized carbons (Fsp3) is 0.353. The Morgan fingerprint density at radius 2 is 2.00 bits per heavy atom. The van der Waals surface area contributed by atoms with Crippen LogP contribution in [0.2, 0.25) is 0 Å². The Morgan fingerprint density at radius 3 is 2.63 bits per heavy atom. The van der Waals surface area contributed by atoms with Crippen molar-refractivity contribution >= 4 is 16.8 Å². The third kappa shape index (κ3) is 3.16. The van der Waals surface area contributed by atoms with Crippen LogP contribution in [0.4, 0.5) is 19.0 Å². The lowest BCUT2D eigenvalue weighted by Gasteiger charge is -2.41. The fourth-order valence-electron chi connectivity index (χ4n) is 3.24. The molecule has 3 heterocycles. The smallest absolute Gasteiger partial charge is 0.418 e. The Hall–Kier alpha value is -2.88. The summed E-state index contributed by atoms with van der Waals surface area (Å²) in [6.07, 6.45) is -1.51. The van der Waals surface area contributed by atoms with Crippen molar-refractivity contribution in [3.8, 4) is 17.1 Å². The van der Waals surface area contributed by atoms with E-state index in [9.17, 15) is 23.4 Å². The monoisotopic (exact) mass is 380 g/mol. The minimum absolute atomic E-state index is 0.00560. The summed E-state index contributed by atoms with van der Waals surface area (Å²) in [6.45, 7) is 1.74. The van der Waals surface area contributed by atoms with E-state index in [1.165, 1.54) is 6.26 Å². The van der Waals surface area contributed by atoms with Gasteiger partial charge in [0.05, 0.1) is 22.8 Å². The van der Waals surface area contributed by atoms with Crippen LogP contribution in [0.15, 0.2) is 29.0 Å². The number of fused-ring (bicyclic) bond motifs is 1. The average molecular weight is 380 g/mol. The van der Waals surface area contributed by atoms with E-state index in [0.717, 1.165) is 0 Å². The highest BCUT2D eigenvalue weighted by molar-refractivity contribution is 5.96. The minimum Gasteiger partial charge on any atom is -0.506 e. The quantitative estimate of drug-likeness (QED) is 0.640. The lowest BCUT2D eigenvalue weighted by atomic mass is 9.77. The second-order valence-electron chi connectivity index (χ2n) is 6.90. The first-order chi connectivity index (χ1) is 12.6. The van der Waals surface area contributed by atoms with Crippen molar-refractivity contribution in [3.05, 3.63) is 30.2 Å². The molecule has 3 aromatic heterocycles. The van der Waals surface area contributed by atoms with Gasteiger partial charge in [-0.25, -0.2) is 4.98 Å². The maximum Gasteiger partial charge on any atom is 0.418 e. The predicted octanol–water partition coefficient (Wildman–Crippen LogP) is 3.33. The summed E-state index contributed by atoms with van der Waals surface area (Å²) in [6, 6.07) is 2.17. The highest BCUT2D eigenvalue weighted by Crippen LogP contribution is 2.39. The molecule has 0 aliphatic heterocycles. The first-order valence-corrected chi connectivity index (χ1v) is 8.13. The Bertz CT molecular complexity index is 1010. The zero-order chi connectivity index (χ0) is 19.4. The van der Waals surface area contributed by atoms with Crippen molar-refractivity contribution in [1.29, 1.82) is 0 Å². The zero-order valence-corrected chi connectivity index (χ0v) is 14.1. The van der Waals surface area contributed by atoms with Crippen molar-refractivity contribution in [2.75, 3.05) is 5.32 Å². The highest BCUT2D eigenvalue weighted by atomic mass is 19.4. The molecule has 1 aliphatic carbocycles. The van der Waals surface area contributed by atoms with Gasteiger partial charge in [0.2, 0.25) is 0 Å². The SMILES string of the molecule is C[C@]1(O)C[C@@H](Nc2nnc(-c3ncc(C(F)(F)F)cc3O)c3ccoc23)C1. The molecule has 3 N–H and O–H groups in total. The van der Waals surface area contributed by atoms with Crippen LogP contribution in [0.1, 0.15) is 25.3 Å². The topological polar surface area (TPSA) is 104 Å². The van der Waals surface area contributed by atoms with Crippen LogP contribution in [0, 0.1) is 0 Å². The number of furan rings is 1. The number of nitrogens with one attached hydrogen (secondary N) is 1. The number of hydrogen-bond donors (Lipinski definition) is 3. The summed E-state index contributed by atoms with van der Waals surface area (Å²) >= 11 is 0. The van der Waals surface area contributed by atoms with Crippen molar-refractivity contribution in [2.45, 2.75) is 37.6 Å². The van der Waals surface area contributed by atoms with E-state index >= 15 is 0 Å². The molecule has 0 radical (unpaired) electrons. The summed E-state index contributed by atoms with van der Waals surface area (Å²) in [5.74, 6) is -0.303. The van der Waals surface area contributed by atoms with E-state index in [0.29, 0.717) is 41.9 Å². The lowest BCUT2D eigenvalue weighted by molar-refractivity contribution is -0.137. The highest BCUT2D eigenvalue weighted by Gasteiger charge is 2.39. The molecule has 1 saturated carbocycles. The molecule has 3 aromatic rings. The molecule has 0 spiro atoms. The van der Waals surface area contributed by atoms with Crippen LogP contribution < -0.4 is 5.32 Å². The van der Waals surface area contributed by atoms with Gasteiger partial charge >= 0.3 is 6.18 Å². The van der Waals surface area contributed by atoms with E-state index in [4.69, 9.17) is 4.42 Å². The van der Waals surface area contributed by atoms with Gasteiger partial charge in [0, 0.05) is 12.2 Å². The van der Waals surface area contributed by atoms with E-state index in [1.54, 1.807) is 13.0 Å². The Morgan fingerprint density at radius 1 is 1.26 bits per heavy atom. The Balaban J connectivity index is 1.70. The Labute approximate surface area is 150 Å². The summed E-state index contributed by atoms with van der Waals surface area (Å²) < 4.78 is 43.7. The average Bonchev–Trinajstić information content (AvgIpc) is 3.03. The number of aliphatic hydroxyl groups is 1. The number of nitrogens with zero attached hydrogens (tertiary/aromatic N) is 3. The van der Waals surface area contributed by atoms with Gasteiger partial charge in [-0.3, -0.25) is 0 Å². The van der Waals surface area contributed by atoms with Gasteiger partial charge in [-0.1, -0.05) is 0 Å². The van der Waals surface area contributed by atoms with Crippen molar-refractivity contribution in [3.63, 3.8) is 0 Å². The number of halogens is 3. The van der Waals surface area contributed by atoms with E-state index in [1.807, 2.05) is 0 Å². The van der Waals surface area contributed by atoms with Crippen molar-refractivity contribution in [2.24, 2.45) is 0 Å². The van der Waals surface area contributed by atoms with Crippen LogP contribution in [-0.2, 0) is 6.18 Å². The summed E-state index contributed by atoms with van der Waals surface area (Å²) in [4.78, 5) is 3.71. The molecule has 0 unspecified atom stereocenters. The second-order valence-corrected chi connectivity index (χ2v) is 6.90. The fourth-order valence-corrected chi connectivity index (χ4v) is 3.24. The molecule has 7 nitrogen and oxygen atoms in total. The van der Waals surface area contributed by atoms with Gasteiger partial charge in [-0.15, -0.1) is 10.2 Å². The zero-order valence-electron chi connectivity index (χ0n) is 14.1. The number of aromatic hydroxyl groups is 1. The van der Waals surface area contributed by atoms with Crippen molar-refractivity contribution in [1.82, 2.24) is 15.2 Å². The van der Waals surface area contributed by atoms with Crippen LogP contribution >= 0.6 is 0 Å². The molecule has 0 amide bonds. The molecule has 10 heteroatoms.